The summed E-state index contributed by atoms with van der Waals surface area (Å²) in [6.07, 6.45) is -1.35. The molecule has 1 atom stereocenters. The Bertz CT molecular complexity index is 996. The largest absolute Gasteiger partial charge is 0.505 e. The zero-order chi connectivity index (χ0) is 19.6. The average molecular weight is 365 g/mol. The zero-order valence-electron chi connectivity index (χ0n) is 15.7. The van der Waals surface area contributed by atoms with E-state index in [2.05, 4.69) is 24.3 Å². The molecule has 0 saturated carbocycles. The second-order valence-corrected chi connectivity index (χ2v) is 6.96. The Labute approximate surface area is 158 Å². The first-order valence-electron chi connectivity index (χ1n) is 8.92. The molecule has 1 N–H and O–H groups in total. The summed E-state index contributed by atoms with van der Waals surface area (Å²) in [5.41, 5.74) is 0.844. The molecule has 3 rings (SSSR count). The van der Waals surface area contributed by atoms with Crippen LogP contribution in [0.2, 0.25) is 0 Å². The van der Waals surface area contributed by atoms with E-state index in [0.717, 1.165) is 27.1 Å². The molecule has 0 saturated heterocycles. The standard InChI is InChI=1S/C22H23NO4/c1-14(2)21(24)23(3)20(13-27-22(25)26)17-11-10-16-9-8-15-6-4-5-7-18(15)19(16)12-17/h4-12,14,20H,13H2,1-3H3,(H,25,26). The third kappa shape index (κ3) is 3.87. The van der Waals surface area contributed by atoms with E-state index in [0.29, 0.717) is 0 Å². The van der Waals surface area contributed by atoms with Crippen molar-refractivity contribution >= 4 is 33.6 Å². The van der Waals surface area contributed by atoms with Crippen molar-refractivity contribution in [1.29, 1.82) is 0 Å². The lowest BCUT2D eigenvalue weighted by atomic mass is 9.96. The SMILES string of the molecule is CC(C)C(=O)N(C)C(COC(=O)O)c1ccc2ccc3ccccc3c2c1. The molecular weight excluding hydrogens is 342 g/mol. The van der Waals surface area contributed by atoms with Crippen LogP contribution in [0.5, 0.6) is 0 Å². The van der Waals surface area contributed by atoms with Crippen LogP contribution in [-0.4, -0.2) is 35.7 Å². The Kier molecular flexibility index (Phi) is 5.31. The van der Waals surface area contributed by atoms with E-state index < -0.39 is 12.2 Å². The highest BCUT2D eigenvalue weighted by molar-refractivity contribution is 6.07. The van der Waals surface area contributed by atoms with Crippen LogP contribution in [0, 0.1) is 5.92 Å². The average Bonchev–Trinajstić information content (AvgIpc) is 2.66. The second kappa shape index (κ2) is 7.66. The quantitative estimate of drug-likeness (QED) is 0.519. The molecule has 1 unspecified atom stereocenters. The number of rotatable bonds is 5. The Hall–Kier alpha value is -3.08. The zero-order valence-corrected chi connectivity index (χ0v) is 15.7. The second-order valence-electron chi connectivity index (χ2n) is 6.96. The maximum absolute atomic E-state index is 12.5. The summed E-state index contributed by atoms with van der Waals surface area (Å²) in [5, 5.41) is 13.3. The number of nitrogens with zero attached hydrogens (tertiary/aromatic N) is 1. The summed E-state index contributed by atoms with van der Waals surface area (Å²) >= 11 is 0. The Morgan fingerprint density at radius 2 is 1.63 bits per heavy atom. The lowest BCUT2D eigenvalue weighted by molar-refractivity contribution is -0.136. The highest BCUT2D eigenvalue weighted by Gasteiger charge is 2.25. The van der Waals surface area contributed by atoms with E-state index in [9.17, 15) is 9.59 Å². The van der Waals surface area contributed by atoms with Crippen LogP contribution in [0.1, 0.15) is 25.5 Å². The van der Waals surface area contributed by atoms with Crippen LogP contribution in [0.25, 0.3) is 21.5 Å². The molecule has 0 aromatic heterocycles. The molecular formula is C22H23NO4. The molecule has 0 radical (unpaired) electrons. The van der Waals surface area contributed by atoms with Crippen molar-refractivity contribution in [2.24, 2.45) is 5.92 Å². The van der Waals surface area contributed by atoms with Crippen molar-refractivity contribution in [1.82, 2.24) is 4.90 Å². The molecule has 0 aliphatic carbocycles. The predicted molar refractivity (Wildman–Crippen MR) is 106 cm³/mol. The summed E-state index contributed by atoms with van der Waals surface area (Å²) < 4.78 is 4.83. The maximum Gasteiger partial charge on any atom is 0.505 e. The number of carbonyl (C=O) groups excluding carboxylic acids is 1. The number of hydrogen-bond acceptors (Lipinski definition) is 3. The number of likely N-dealkylation sites (N-methyl/N-ethyl adjacent to an activating group) is 1. The van der Waals surface area contributed by atoms with Gasteiger partial charge in [-0.25, -0.2) is 4.79 Å². The molecule has 5 heteroatoms. The fraction of sp³-hybridized carbons (Fsp3) is 0.273. The fourth-order valence-electron chi connectivity index (χ4n) is 3.37. The minimum Gasteiger partial charge on any atom is -0.450 e. The van der Waals surface area contributed by atoms with E-state index in [1.807, 2.05) is 44.2 Å². The van der Waals surface area contributed by atoms with Gasteiger partial charge in [0.1, 0.15) is 6.61 Å². The topological polar surface area (TPSA) is 66.8 Å². The first-order chi connectivity index (χ1) is 12.9. The van der Waals surface area contributed by atoms with Gasteiger partial charge in [0.2, 0.25) is 5.91 Å². The van der Waals surface area contributed by atoms with Gasteiger partial charge < -0.3 is 14.7 Å². The maximum atomic E-state index is 12.5. The molecule has 0 fully saturated rings. The van der Waals surface area contributed by atoms with Crippen molar-refractivity contribution in [2.75, 3.05) is 13.7 Å². The smallest absolute Gasteiger partial charge is 0.450 e. The third-order valence-corrected chi connectivity index (χ3v) is 4.83. The van der Waals surface area contributed by atoms with Gasteiger partial charge in [0, 0.05) is 13.0 Å². The highest BCUT2D eigenvalue weighted by atomic mass is 16.7. The molecule has 0 spiro atoms. The van der Waals surface area contributed by atoms with Gasteiger partial charge in [0.05, 0.1) is 6.04 Å². The lowest BCUT2D eigenvalue weighted by Crippen LogP contribution is -2.36. The first kappa shape index (κ1) is 18.7. The van der Waals surface area contributed by atoms with Crippen molar-refractivity contribution in [3.8, 4) is 0 Å². The molecule has 0 heterocycles. The van der Waals surface area contributed by atoms with Gasteiger partial charge in [-0.3, -0.25) is 4.79 Å². The minimum atomic E-state index is -1.35. The molecule has 3 aromatic rings. The fourth-order valence-corrected chi connectivity index (χ4v) is 3.37. The molecule has 3 aromatic carbocycles. The van der Waals surface area contributed by atoms with Gasteiger partial charge in [-0.1, -0.05) is 62.4 Å². The van der Waals surface area contributed by atoms with E-state index in [1.165, 1.54) is 0 Å². The molecule has 0 aliphatic rings. The van der Waals surface area contributed by atoms with Crippen molar-refractivity contribution in [2.45, 2.75) is 19.9 Å². The van der Waals surface area contributed by atoms with Crippen LogP contribution < -0.4 is 0 Å². The summed E-state index contributed by atoms with van der Waals surface area (Å²) in [7, 11) is 1.69. The number of carboxylic acid groups (broad SMARTS) is 1. The highest BCUT2D eigenvalue weighted by Crippen LogP contribution is 2.30. The Balaban J connectivity index is 2.09. The van der Waals surface area contributed by atoms with Crippen molar-refractivity contribution in [3.05, 3.63) is 60.2 Å². The molecule has 5 nitrogen and oxygen atoms in total. The molecule has 27 heavy (non-hydrogen) atoms. The summed E-state index contributed by atoms with van der Waals surface area (Å²) in [6.45, 7) is 3.53. The number of ether oxygens (including phenoxy) is 1. The number of benzene rings is 3. The summed E-state index contributed by atoms with van der Waals surface area (Å²) in [4.78, 5) is 25.0. The normalized spacial score (nSPS) is 12.3. The van der Waals surface area contributed by atoms with E-state index in [4.69, 9.17) is 9.84 Å². The number of hydrogen-bond donors (Lipinski definition) is 1. The van der Waals surface area contributed by atoms with Crippen LogP contribution >= 0.6 is 0 Å². The lowest BCUT2D eigenvalue weighted by Gasteiger charge is -2.29. The summed E-state index contributed by atoms with van der Waals surface area (Å²) in [5.74, 6) is -0.254. The van der Waals surface area contributed by atoms with Crippen LogP contribution in [-0.2, 0) is 9.53 Å². The van der Waals surface area contributed by atoms with Crippen LogP contribution in [0.15, 0.2) is 54.6 Å². The van der Waals surface area contributed by atoms with Gasteiger partial charge in [0.25, 0.3) is 0 Å². The third-order valence-electron chi connectivity index (χ3n) is 4.83. The number of carbonyl (C=O) groups is 2. The van der Waals surface area contributed by atoms with Crippen molar-refractivity contribution in [3.63, 3.8) is 0 Å². The van der Waals surface area contributed by atoms with Gasteiger partial charge in [-0.15, -0.1) is 0 Å². The predicted octanol–water partition coefficient (Wildman–Crippen LogP) is 4.84. The van der Waals surface area contributed by atoms with Gasteiger partial charge in [-0.05, 0) is 33.2 Å². The monoisotopic (exact) mass is 365 g/mol. The molecule has 0 aliphatic heterocycles. The number of fused-ring (bicyclic) bond motifs is 3. The molecule has 0 bridgehead atoms. The van der Waals surface area contributed by atoms with Gasteiger partial charge in [0.15, 0.2) is 0 Å². The van der Waals surface area contributed by atoms with Crippen LogP contribution in [0.4, 0.5) is 4.79 Å². The van der Waals surface area contributed by atoms with E-state index >= 15 is 0 Å². The summed E-state index contributed by atoms with van der Waals surface area (Å²) in [6, 6.07) is 17.7. The first-order valence-corrected chi connectivity index (χ1v) is 8.92. The van der Waals surface area contributed by atoms with Crippen LogP contribution in [0.3, 0.4) is 0 Å². The Morgan fingerprint density at radius 1 is 1.00 bits per heavy atom. The van der Waals surface area contributed by atoms with E-state index in [-0.39, 0.29) is 18.4 Å². The molecule has 1 amide bonds. The van der Waals surface area contributed by atoms with Gasteiger partial charge in [-0.2, -0.15) is 0 Å². The molecule has 140 valence electrons. The Morgan fingerprint density at radius 3 is 2.30 bits per heavy atom. The minimum absolute atomic E-state index is 0.0630. The van der Waals surface area contributed by atoms with E-state index in [1.54, 1.807) is 11.9 Å². The number of amides is 1. The van der Waals surface area contributed by atoms with Gasteiger partial charge >= 0.3 is 6.16 Å². The van der Waals surface area contributed by atoms with Crippen molar-refractivity contribution < 1.29 is 19.4 Å².